The molecular weight excluding hydrogens is 342 g/mol. The predicted octanol–water partition coefficient (Wildman–Crippen LogP) is 4.09. The Bertz CT molecular complexity index is 939. The summed E-state index contributed by atoms with van der Waals surface area (Å²) in [6, 6.07) is 20.3. The average Bonchev–Trinajstić information content (AvgIpc) is 3.50. The SMILES string of the molecule is N#CC1(C#N)C(OCc2ccccc2)C2(CC2)C1c1ccc([N+](=O)[O-])cc1. The number of benzene rings is 2. The molecule has 2 saturated carbocycles. The van der Waals surface area contributed by atoms with Gasteiger partial charge in [-0.05, 0) is 24.0 Å². The van der Waals surface area contributed by atoms with Gasteiger partial charge in [0.25, 0.3) is 5.69 Å². The highest BCUT2D eigenvalue weighted by atomic mass is 16.6. The van der Waals surface area contributed by atoms with Crippen LogP contribution in [0.1, 0.15) is 29.9 Å². The summed E-state index contributed by atoms with van der Waals surface area (Å²) in [5.41, 5.74) is 0.287. The minimum atomic E-state index is -1.28. The lowest BCUT2D eigenvalue weighted by Crippen LogP contribution is -2.60. The number of nitrogens with zero attached hydrogens (tertiary/aromatic N) is 3. The zero-order valence-electron chi connectivity index (χ0n) is 14.5. The molecule has 4 rings (SSSR count). The summed E-state index contributed by atoms with van der Waals surface area (Å²) >= 11 is 0. The Balaban J connectivity index is 1.63. The largest absolute Gasteiger partial charge is 0.370 e. The summed E-state index contributed by atoms with van der Waals surface area (Å²) in [5.74, 6) is -0.290. The van der Waals surface area contributed by atoms with Crippen molar-refractivity contribution >= 4 is 5.69 Å². The molecule has 2 aliphatic rings. The normalized spacial score (nSPS) is 23.6. The highest BCUT2D eigenvalue weighted by Crippen LogP contribution is 2.76. The molecule has 1 spiro atoms. The van der Waals surface area contributed by atoms with Gasteiger partial charge in [-0.2, -0.15) is 10.5 Å². The Morgan fingerprint density at radius 1 is 1.07 bits per heavy atom. The maximum Gasteiger partial charge on any atom is 0.269 e. The predicted molar refractivity (Wildman–Crippen MR) is 96.2 cm³/mol. The second-order valence-electron chi connectivity index (χ2n) is 7.28. The number of non-ortho nitro benzene ring substituents is 1. The van der Waals surface area contributed by atoms with E-state index >= 15 is 0 Å². The van der Waals surface area contributed by atoms with Crippen LogP contribution in [0.5, 0.6) is 0 Å². The fourth-order valence-corrected chi connectivity index (χ4v) is 4.51. The molecule has 2 aliphatic carbocycles. The van der Waals surface area contributed by atoms with Crippen LogP contribution in [0, 0.1) is 43.6 Å². The third-order valence-electron chi connectivity index (χ3n) is 5.86. The fourth-order valence-electron chi connectivity index (χ4n) is 4.51. The number of nitro benzene ring substituents is 1. The van der Waals surface area contributed by atoms with Gasteiger partial charge < -0.3 is 4.74 Å². The number of rotatable bonds is 5. The van der Waals surface area contributed by atoms with Gasteiger partial charge in [0.15, 0.2) is 5.41 Å². The first kappa shape index (κ1) is 17.2. The summed E-state index contributed by atoms with van der Waals surface area (Å²) in [5, 5.41) is 30.7. The Morgan fingerprint density at radius 2 is 1.70 bits per heavy atom. The number of hydrogen-bond acceptors (Lipinski definition) is 5. The molecule has 0 saturated heterocycles. The molecule has 6 heteroatoms. The highest BCUT2D eigenvalue weighted by molar-refractivity contribution is 5.48. The molecule has 2 atom stereocenters. The van der Waals surface area contributed by atoms with Crippen LogP contribution in [0.25, 0.3) is 0 Å². The van der Waals surface area contributed by atoms with Crippen LogP contribution in [-0.2, 0) is 11.3 Å². The van der Waals surface area contributed by atoms with Crippen molar-refractivity contribution in [3.05, 3.63) is 75.8 Å². The van der Waals surface area contributed by atoms with Gasteiger partial charge in [0.05, 0.1) is 29.8 Å². The molecule has 0 radical (unpaired) electrons. The summed E-state index contributed by atoms with van der Waals surface area (Å²) < 4.78 is 6.10. The number of nitriles is 2. The van der Waals surface area contributed by atoms with Crippen LogP contribution in [0.3, 0.4) is 0 Å². The van der Waals surface area contributed by atoms with E-state index in [9.17, 15) is 20.6 Å². The molecule has 2 aromatic carbocycles. The first-order valence-corrected chi connectivity index (χ1v) is 8.80. The van der Waals surface area contributed by atoms with Gasteiger partial charge in [-0.25, -0.2) is 0 Å². The number of nitro groups is 1. The Hall–Kier alpha value is -3.22. The molecule has 0 heterocycles. The Morgan fingerprint density at radius 3 is 2.22 bits per heavy atom. The summed E-state index contributed by atoms with van der Waals surface area (Å²) in [6.07, 6.45) is 1.32. The van der Waals surface area contributed by atoms with Crippen LogP contribution in [0.4, 0.5) is 5.69 Å². The van der Waals surface area contributed by atoms with E-state index in [-0.39, 0.29) is 17.0 Å². The van der Waals surface area contributed by atoms with E-state index < -0.39 is 16.4 Å². The lowest BCUT2D eigenvalue weighted by atomic mass is 9.48. The minimum absolute atomic E-state index is 0.000636. The number of hydrogen-bond donors (Lipinski definition) is 0. The Kier molecular flexibility index (Phi) is 3.95. The van der Waals surface area contributed by atoms with Gasteiger partial charge in [0.2, 0.25) is 0 Å². The van der Waals surface area contributed by atoms with Crippen molar-refractivity contribution in [3.63, 3.8) is 0 Å². The van der Waals surface area contributed by atoms with Gasteiger partial charge in [-0.3, -0.25) is 10.1 Å². The van der Waals surface area contributed by atoms with Crippen molar-refractivity contribution in [1.82, 2.24) is 0 Å². The molecule has 2 fully saturated rings. The van der Waals surface area contributed by atoms with Crippen molar-refractivity contribution in [2.24, 2.45) is 10.8 Å². The standard InChI is InChI=1S/C21H17N3O3/c22-13-21(14-23)18(16-6-8-17(9-7-16)24(25)26)20(10-11-20)19(21)27-12-15-4-2-1-3-5-15/h1-9,18-19H,10-12H2. The minimum Gasteiger partial charge on any atom is -0.370 e. The third kappa shape index (κ3) is 2.50. The molecule has 0 aromatic heterocycles. The maximum absolute atomic E-state index is 10.9. The van der Waals surface area contributed by atoms with Crippen LogP contribution < -0.4 is 0 Å². The number of ether oxygens (including phenoxy) is 1. The molecule has 2 unspecified atom stereocenters. The van der Waals surface area contributed by atoms with Crippen molar-refractivity contribution in [2.45, 2.75) is 31.5 Å². The molecule has 134 valence electrons. The molecule has 0 amide bonds. The molecule has 27 heavy (non-hydrogen) atoms. The topological polar surface area (TPSA) is 100.0 Å². The van der Waals surface area contributed by atoms with Gasteiger partial charge in [-0.15, -0.1) is 0 Å². The summed E-state index contributed by atoms with van der Waals surface area (Å²) in [7, 11) is 0. The van der Waals surface area contributed by atoms with Gasteiger partial charge in [0, 0.05) is 23.5 Å². The first-order valence-electron chi connectivity index (χ1n) is 8.80. The van der Waals surface area contributed by atoms with E-state index in [0.717, 1.165) is 24.0 Å². The van der Waals surface area contributed by atoms with Crippen LogP contribution >= 0.6 is 0 Å². The van der Waals surface area contributed by atoms with Crippen LogP contribution in [0.15, 0.2) is 54.6 Å². The van der Waals surface area contributed by atoms with Crippen molar-refractivity contribution in [2.75, 3.05) is 0 Å². The monoisotopic (exact) mass is 359 g/mol. The van der Waals surface area contributed by atoms with Gasteiger partial charge in [-0.1, -0.05) is 42.5 Å². The average molecular weight is 359 g/mol. The van der Waals surface area contributed by atoms with E-state index in [2.05, 4.69) is 12.1 Å². The second kappa shape index (κ2) is 6.19. The molecular formula is C21H17N3O3. The van der Waals surface area contributed by atoms with E-state index in [4.69, 9.17) is 4.74 Å². The molecule has 2 aromatic rings. The summed E-state index contributed by atoms with van der Waals surface area (Å²) in [4.78, 5) is 10.4. The van der Waals surface area contributed by atoms with E-state index in [1.54, 1.807) is 12.1 Å². The van der Waals surface area contributed by atoms with Crippen LogP contribution in [0.2, 0.25) is 0 Å². The fraction of sp³-hybridized carbons (Fsp3) is 0.333. The Labute approximate surface area is 156 Å². The van der Waals surface area contributed by atoms with Crippen LogP contribution in [-0.4, -0.2) is 11.0 Å². The van der Waals surface area contributed by atoms with Gasteiger partial charge >= 0.3 is 0 Å². The zero-order chi connectivity index (χ0) is 19.1. The molecule has 0 bridgehead atoms. The van der Waals surface area contributed by atoms with E-state index in [0.29, 0.717) is 6.61 Å². The highest BCUT2D eigenvalue weighted by Gasteiger charge is 2.78. The lowest BCUT2D eigenvalue weighted by Gasteiger charge is -2.54. The molecule has 6 nitrogen and oxygen atoms in total. The summed E-state index contributed by atoms with van der Waals surface area (Å²) in [6.45, 7) is 0.353. The van der Waals surface area contributed by atoms with E-state index in [1.807, 2.05) is 30.3 Å². The van der Waals surface area contributed by atoms with E-state index in [1.165, 1.54) is 12.1 Å². The van der Waals surface area contributed by atoms with Crippen molar-refractivity contribution in [3.8, 4) is 12.1 Å². The third-order valence-corrected chi connectivity index (χ3v) is 5.86. The lowest BCUT2D eigenvalue weighted by molar-refractivity contribution is -0.384. The molecule has 0 N–H and O–H groups in total. The smallest absolute Gasteiger partial charge is 0.269 e. The second-order valence-corrected chi connectivity index (χ2v) is 7.28. The van der Waals surface area contributed by atoms with Gasteiger partial charge in [0.1, 0.15) is 0 Å². The van der Waals surface area contributed by atoms with Crippen molar-refractivity contribution < 1.29 is 9.66 Å². The zero-order valence-corrected chi connectivity index (χ0v) is 14.5. The first-order chi connectivity index (χ1) is 13.1. The quantitative estimate of drug-likeness (QED) is 0.591. The molecule has 0 aliphatic heterocycles. The maximum atomic E-state index is 10.9. The van der Waals surface area contributed by atoms with Crippen molar-refractivity contribution in [1.29, 1.82) is 10.5 Å².